The highest BCUT2D eigenvalue weighted by molar-refractivity contribution is 5.87. The van der Waals surface area contributed by atoms with Gasteiger partial charge in [-0.25, -0.2) is 0 Å². The largest absolute Gasteiger partial charge is 0.508 e. The SMILES string of the molecule is C.CN(CCc1ccc(O)cc1)C1CCN(C(=O)C(O)(c2ccccc2)C2CCCC2)CC1.O=C(N1CCC(NCCc2ccc(O)cc2)CC1)C(O)(c1ccccc1)C1CCCC1. The maximum absolute atomic E-state index is 13.7. The van der Waals surface area contributed by atoms with Crippen molar-refractivity contribution in [2.24, 2.45) is 11.8 Å². The second-order valence-corrected chi connectivity index (χ2v) is 18.6. The van der Waals surface area contributed by atoms with Crippen LogP contribution in [0.5, 0.6) is 11.5 Å². The highest BCUT2D eigenvalue weighted by Crippen LogP contribution is 2.43. The number of amides is 2. The lowest BCUT2D eigenvalue weighted by Crippen LogP contribution is -2.54. The number of hydrogen-bond donors (Lipinski definition) is 5. The van der Waals surface area contributed by atoms with Gasteiger partial charge in [0.05, 0.1) is 0 Å². The highest BCUT2D eigenvalue weighted by Gasteiger charge is 2.50. The van der Waals surface area contributed by atoms with Crippen LogP contribution >= 0.6 is 0 Å². The van der Waals surface area contributed by atoms with E-state index in [4.69, 9.17) is 0 Å². The van der Waals surface area contributed by atoms with Crippen LogP contribution in [-0.4, -0.2) is 105 Å². The Labute approximate surface area is 382 Å². The lowest BCUT2D eigenvalue weighted by Gasteiger charge is -2.42. The number of phenols is 2. The number of carbonyl (C=O) groups excluding carboxylic acids is 2. The predicted molar refractivity (Wildman–Crippen MR) is 255 cm³/mol. The van der Waals surface area contributed by atoms with Gasteiger partial charge in [-0.2, -0.15) is 0 Å². The van der Waals surface area contributed by atoms with Crippen LogP contribution in [0.3, 0.4) is 0 Å². The summed E-state index contributed by atoms with van der Waals surface area (Å²) in [6.45, 7) is 4.55. The van der Waals surface area contributed by atoms with Crippen LogP contribution in [0.15, 0.2) is 109 Å². The summed E-state index contributed by atoms with van der Waals surface area (Å²) in [7, 11) is 2.15. The molecule has 2 atom stereocenters. The molecule has 0 radical (unpaired) electrons. The molecule has 10 nitrogen and oxygen atoms in total. The number of benzene rings is 4. The fraction of sp³-hybridized carbons (Fsp3) is 0.519. The number of nitrogens with one attached hydrogen (secondary N) is 1. The first kappa shape index (κ1) is 48.7. The fourth-order valence-corrected chi connectivity index (χ4v) is 10.7. The number of aliphatic hydroxyl groups is 2. The first-order chi connectivity index (χ1) is 30.5. The Bertz CT molecular complexity index is 2010. The Morgan fingerprint density at radius 3 is 1.39 bits per heavy atom. The van der Waals surface area contributed by atoms with E-state index in [9.17, 15) is 30.0 Å². The zero-order valence-corrected chi connectivity index (χ0v) is 37.3. The van der Waals surface area contributed by atoms with Crippen molar-refractivity contribution >= 4 is 11.8 Å². The van der Waals surface area contributed by atoms with Crippen molar-refractivity contribution in [1.29, 1.82) is 0 Å². The Balaban J connectivity index is 0.000000209. The van der Waals surface area contributed by atoms with Gasteiger partial charge in [-0.1, -0.05) is 118 Å². The van der Waals surface area contributed by atoms with Crippen molar-refractivity contribution in [3.8, 4) is 11.5 Å². The number of likely N-dealkylation sites (N-methyl/N-ethyl adjacent to an activating group) is 1. The van der Waals surface area contributed by atoms with Crippen LogP contribution in [-0.2, 0) is 33.6 Å². The van der Waals surface area contributed by atoms with Crippen LogP contribution < -0.4 is 5.32 Å². The van der Waals surface area contributed by atoms with Gasteiger partial charge >= 0.3 is 0 Å². The first-order valence-electron chi connectivity index (χ1n) is 23.7. The Hall–Kier alpha value is -4.74. The number of nitrogens with zero attached hydrogens (tertiary/aromatic N) is 3. The zero-order chi connectivity index (χ0) is 44.2. The molecule has 0 aromatic heterocycles. The molecule has 2 heterocycles. The number of piperidine rings is 2. The van der Waals surface area contributed by atoms with Gasteiger partial charge in [0, 0.05) is 56.6 Å². The molecule has 10 heteroatoms. The number of phenolic OH excluding ortho intramolecular Hbond substituents is 2. The van der Waals surface area contributed by atoms with Crippen LogP contribution in [0.1, 0.15) is 107 Å². The van der Waals surface area contributed by atoms with E-state index < -0.39 is 11.2 Å². The van der Waals surface area contributed by atoms with E-state index in [-0.39, 0.29) is 31.1 Å². The Morgan fingerprint density at radius 1 is 0.578 bits per heavy atom. The average molecular weight is 875 g/mol. The second-order valence-electron chi connectivity index (χ2n) is 18.6. The smallest absolute Gasteiger partial charge is 0.259 e. The summed E-state index contributed by atoms with van der Waals surface area (Å²) in [5.41, 5.74) is 1.08. The number of rotatable bonds is 14. The summed E-state index contributed by atoms with van der Waals surface area (Å²) >= 11 is 0. The van der Waals surface area contributed by atoms with Crippen molar-refractivity contribution in [2.45, 2.75) is 121 Å². The van der Waals surface area contributed by atoms with Gasteiger partial charge in [-0.3, -0.25) is 9.59 Å². The third-order valence-corrected chi connectivity index (χ3v) is 14.6. The Kier molecular flexibility index (Phi) is 17.5. The van der Waals surface area contributed by atoms with E-state index in [1.165, 1.54) is 11.1 Å². The van der Waals surface area contributed by atoms with Gasteiger partial charge in [0.25, 0.3) is 11.8 Å². The van der Waals surface area contributed by atoms with E-state index in [2.05, 4.69) is 17.3 Å². The molecule has 0 bridgehead atoms. The molecule has 2 aliphatic carbocycles. The van der Waals surface area contributed by atoms with Crippen molar-refractivity contribution in [1.82, 2.24) is 20.0 Å². The summed E-state index contributed by atoms with van der Waals surface area (Å²) in [6, 6.07) is 34.7. The van der Waals surface area contributed by atoms with Crippen LogP contribution in [0, 0.1) is 11.8 Å². The molecule has 2 amide bonds. The standard InChI is InChI=1S/C27H36N2O3.C26H34N2O3.CH4/c1-28(18-15-21-11-13-25(30)14-12-21)24-16-19-29(20-17-24)26(31)27(32,23-9-5-6-10-23)22-7-3-2-4-8-22;29-24-12-10-20(11-13-24)14-17-27-23-15-18-28(19-16-23)25(30)26(31,22-8-4-5-9-22)21-6-2-1-3-7-21;/h2-4,7-8,11-14,23-24,30,32H,5-6,9-10,15-20H2,1H3;1-3,6-7,10-13,22-23,27,29,31H,4-5,8-9,14-19H2;1H4. The number of carbonyl (C=O) groups is 2. The molecule has 4 fully saturated rings. The van der Waals surface area contributed by atoms with Gasteiger partial charge in [0.2, 0.25) is 0 Å². The van der Waals surface area contributed by atoms with Gasteiger partial charge < -0.3 is 40.4 Å². The molecule has 2 saturated heterocycles. The molecule has 0 spiro atoms. The molecular weight excluding hydrogens is 801 g/mol. The molecule has 5 N–H and O–H groups in total. The molecule has 2 saturated carbocycles. The third kappa shape index (κ3) is 11.7. The molecule has 4 aromatic rings. The van der Waals surface area contributed by atoms with Crippen molar-refractivity contribution < 1.29 is 30.0 Å². The Morgan fingerprint density at radius 2 is 0.969 bits per heavy atom. The van der Waals surface area contributed by atoms with E-state index >= 15 is 0 Å². The van der Waals surface area contributed by atoms with Gasteiger partial charge in [-0.15, -0.1) is 0 Å². The summed E-state index contributed by atoms with van der Waals surface area (Å²) in [4.78, 5) is 33.4. The maximum Gasteiger partial charge on any atom is 0.259 e. The third-order valence-electron chi connectivity index (χ3n) is 14.6. The molecule has 4 aliphatic rings. The normalized spacial score (nSPS) is 19.6. The zero-order valence-electron chi connectivity index (χ0n) is 37.3. The lowest BCUT2D eigenvalue weighted by atomic mass is 9.78. The van der Waals surface area contributed by atoms with Crippen LogP contribution in [0.4, 0.5) is 0 Å². The minimum Gasteiger partial charge on any atom is -0.508 e. The summed E-state index contributed by atoms with van der Waals surface area (Å²) in [5, 5.41) is 46.0. The van der Waals surface area contributed by atoms with Gasteiger partial charge in [0.1, 0.15) is 11.5 Å². The molecular formula is C54H74N4O6. The summed E-state index contributed by atoms with van der Waals surface area (Å²) in [6.07, 6.45) is 13.5. The average Bonchev–Trinajstić information content (AvgIpc) is 4.09. The van der Waals surface area contributed by atoms with E-state index in [1.807, 2.05) is 94.7 Å². The molecule has 64 heavy (non-hydrogen) atoms. The quantitative estimate of drug-likeness (QED) is 0.0857. The van der Waals surface area contributed by atoms with E-state index in [0.29, 0.717) is 49.8 Å². The van der Waals surface area contributed by atoms with Crippen LogP contribution in [0.25, 0.3) is 0 Å². The molecule has 8 rings (SSSR count). The molecule has 4 aromatic carbocycles. The monoisotopic (exact) mass is 875 g/mol. The van der Waals surface area contributed by atoms with Crippen LogP contribution in [0.2, 0.25) is 0 Å². The summed E-state index contributed by atoms with van der Waals surface area (Å²) in [5.74, 6) is 0.370. The summed E-state index contributed by atoms with van der Waals surface area (Å²) < 4.78 is 0. The molecule has 2 aliphatic heterocycles. The lowest BCUT2D eigenvalue weighted by molar-refractivity contribution is -0.161. The van der Waals surface area contributed by atoms with Crippen molar-refractivity contribution in [3.05, 3.63) is 131 Å². The minimum absolute atomic E-state index is 0. The fourth-order valence-electron chi connectivity index (χ4n) is 10.7. The van der Waals surface area contributed by atoms with E-state index in [1.54, 1.807) is 24.3 Å². The first-order valence-corrected chi connectivity index (χ1v) is 23.7. The number of hydrogen-bond acceptors (Lipinski definition) is 8. The topological polar surface area (TPSA) is 137 Å². The van der Waals surface area contributed by atoms with Crippen molar-refractivity contribution in [2.75, 3.05) is 46.3 Å². The minimum atomic E-state index is -1.41. The number of likely N-dealkylation sites (tertiary alicyclic amines) is 2. The second kappa shape index (κ2) is 22.9. The van der Waals surface area contributed by atoms with Gasteiger partial charge in [0.15, 0.2) is 11.2 Å². The van der Waals surface area contributed by atoms with Crippen molar-refractivity contribution in [3.63, 3.8) is 0 Å². The molecule has 2 unspecified atom stereocenters. The maximum atomic E-state index is 13.7. The van der Waals surface area contributed by atoms with E-state index in [0.717, 1.165) is 114 Å². The predicted octanol–water partition coefficient (Wildman–Crippen LogP) is 8.16. The molecule has 346 valence electrons. The number of aromatic hydroxyl groups is 2. The van der Waals surface area contributed by atoms with Gasteiger partial charge in [-0.05, 0) is 124 Å². The highest BCUT2D eigenvalue weighted by atomic mass is 16.3.